The third-order valence-electron chi connectivity index (χ3n) is 4.87. The van der Waals surface area contributed by atoms with E-state index in [2.05, 4.69) is 33.1 Å². The lowest BCUT2D eigenvalue weighted by Gasteiger charge is -2.45. The largest absolute Gasteiger partial charge is 0.379 e. The van der Waals surface area contributed by atoms with E-state index in [1.165, 1.54) is 24.3 Å². The number of methoxy groups -OCH3 is 1. The van der Waals surface area contributed by atoms with Crippen LogP contribution in [0.15, 0.2) is 0 Å². The summed E-state index contributed by atoms with van der Waals surface area (Å²) in [4.78, 5) is 0. The number of thioether (sulfide) groups is 1. The predicted molar refractivity (Wildman–Crippen MR) is 86.4 cm³/mol. The van der Waals surface area contributed by atoms with E-state index in [0.717, 1.165) is 13.0 Å². The Morgan fingerprint density at radius 2 is 2.15 bits per heavy atom. The summed E-state index contributed by atoms with van der Waals surface area (Å²) in [7, 11) is 3.93. The second-order valence-electron chi connectivity index (χ2n) is 7.42. The SMILES string of the molecule is CNC(C1CCOC2(CCSC2)C1)C(OC)C(C)(C)C. The molecule has 2 heterocycles. The first-order valence-corrected chi connectivity index (χ1v) is 8.99. The van der Waals surface area contributed by atoms with Crippen LogP contribution in [0.2, 0.25) is 0 Å². The first kappa shape index (κ1) is 16.6. The van der Waals surface area contributed by atoms with Crippen LogP contribution in [-0.2, 0) is 9.47 Å². The van der Waals surface area contributed by atoms with Gasteiger partial charge in [0.25, 0.3) is 0 Å². The van der Waals surface area contributed by atoms with Gasteiger partial charge in [-0.05, 0) is 43.4 Å². The number of rotatable bonds is 4. The molecule has 2 aliphatic rings. The summed E-state index contributed by atoms with van der Waals surface area (Å²) in [6.45, 7) is 7.72. The topological polar surface area (TPSA) is 30.5 Å². The Labute approximate surface area is 128 Å². The minimum Gasteiger partial charge on any atom is -0.379 e. The van der Waals surface area contributed by atoms with Crippen molar-refractivity contribution in [2.45, 2.75) is 57.8 Å². The molecule has 0 aromatic heterocycles. The molecule has 2 rings (SSSR count). The lowest BCUT2D eigenvalue weighted by atomic mass is 9.74. The van der Waals surface area contributed by atoms with Gasteiger partial charge in [-0.15, -0.1) is 0 Å². The molecule has 0 radical (unpaired) electrons. The molecule has 20 heavy (non-hydrogen) atoms. The normalized spacial score (nSPS) is 34.4. The van der Waals surface area contributed by atoms with Gasteiger partial charge >= 0.3 is 0 Å². The van der Waals surface area contributed by atoms with Crippen molar-refractivity contribution in [3.05, 3.63) is 0 Å². The molecule has 4 heteroatoms. The summed E-state index contributed by atoms with van der Waals surface area (Å²) in [6, 6.07) is 0.409. The highest BCUT2D eigenvalue weighted by Crippen LogP contribution is 2.43. The third-order valence-corrected chi connectivity index (χ3v) is 6.10. The molecule has 2 fully saturated rings. The fourth-order valence-corrected chi connectivity index (χ4v) is 5.29. The fourth-order valence-electron chi connectivity index (χ4n) is 3.91. The maximum Gasteiger partial charge on any atom is 0.0783 e. The molecule has 0 aromatic rings. The van der Waals surface area contributed by atoms with Gasteiger partial charge in [0.05, 0.1) is 11.7 Å². The van der Waals surface area contributed by atoms with E-state index in [0.29, 0.717) is 12.0 Å². The quantitative estimate of drug-likeness (QED) is 0.865. The van der Waals surface area contributed by atoms with Crippen LogP contribution >= 0.6 is 11.8 Å². The average Bonchev–Trinajstić information content (AvgIpc) is 2.82. The summed E-state index contributed by atoms with van der Waals surface area (Å²) in [5.41, 5.74) is 0.303. The van der Waals surface area contributed by atoms with Crippen molar-refractivity contribution in [2.75, 3.05) is 32.3 Å². The van der Waals surface area contributed by atoms with Crippen LogP contribution in [0.1, 0.15) is 40.0 Å². The van der Waals surface area contributed by atoms with E-state index in [9.17, 15) is 0 Å². The summed E-state index contributed by atoms with van der Waals surface area (Å²) in [6.07, 6.45) is 3.79. The zero-order valence-electron chi connectivity index (χ0n) is 13.7. The standard InChI is InChI=1S/C16H31NO2S/c1-15(2,3)14(18-5)13(17-4)12-6-8-19-16(10-12)7-9-20-11-16/h12-14,17H,6-11H2,1-5H3. The van der Waals surface area contributed by atoms with E-state index in [4.69, 9.17) is 9.47 Å². The Kier molecular flexibility index (Phi) is 5.44. The van der Waals surface area contributed by atoms with Crippen molar-refractivity contribution in [3.8, 4) is 0 Å². The van der Waals surface area contributed by atoms with E-state index in [1.807, 2.05) is 18.9 Å². The van der Waals surface area contributed by atoms with Gasteiger partial charge in [-0.3, -0.25) is 0 Å². The molecule has 4 unspecified atom stereocenters. The maximum atomic E-state index is 6.16. The molecule has 4 atom stereocenters. The number of hydrogen-bond donors (Lipinski definition) is 1. The molecule has 118 valence electrons. The Bertz CT molecular complexity index is 310. The minimum absolute atomic E-state index is 0.151. The molecule has 2 aliphatic heterocycles. The van der Waals surface area contributed by atoms with Gasteiger partial charge in [-0.25, -0.2) is 0 Å². The molecule has 0 amide bonds. The van der Waals surface area contributed by atoms with Crippen molar-refractivity contribution in [1.29, 1.82) is 0 Å². The fraction of sp³-hybridized carbons (Fsp3) is 1.00. The molecule has 0 aromatic carbocycles. The van der Waals surface area contributed by atoms with Crippen LogP contribution in [0.3, 0.4) is 0 Å². The van der Waals surface area contributed by atoms with Gasteiger partial charge in [0.1, 0.15) is 0 Å². The van der Waals surface area contributed by atoms with Crippen molar-refractivity contribution in [3.63, 3.8) is 0 Å². The zero-order valence-corrected chi connectivity index (χ0v) is 14.5. The van der Waals surface area contributed by atoms with Crippen molar-refractivity contribution in [1.82, 2.24) is 5.32 Å². The van der Waals surface area contributed by atoms with Gasteiger partial charge in [0, 0.05) is 25.5 Å². The second kappa shape index (κ2) is 6.55. The summed E-state index contributed by atoms with van der Waals surface area (Å²) >= 11 is 2.04. The summed E-state index contributed by atoms with van der Waals surface area (Å²) < 4.78 is 12.0. The molecule has 2 saturated heterocycles. The highest BCUT2D eigenvalue weighted by atomic mass is 32.2. The van der Waals surface area contributed by atoms with Crippen LogP contribution in [-0.4, -0.2) is 50.0 Å². The van der Waals surface area contributed by atoms with Gasteiger partial charge in [-0.2, -0.15) is 11.8 Å². The molecular formula is C16H31NO2S. The second-order valence-corrected chi connectivity index (χ2v) is 8.53. The highest BCUT2D eigenvalue weighted by Gasteiger charge is 2.45. The summed E-state index contributed by atoms with van der Waals surface area (Å²) in [5, 5.41) is 3.55. The van der Waals surface area contributed by atoms with E-state index in [1.54, 1.807) is 0 Å². The maximum absolute atomic E-state index is 6.16. The van der Waals surface area contributed by atoms with E-state index < -0.39 is 0 Å². The van der Waals surface area contributed by atoms with Gasteiger partial charge < -0.3 is 14.8 Å². The highest BCUT2D eigenvalue weighted by molar-refractivity contribution is 7.99. The monoisotopic (exact) mass is 301 g/mol. The molecule has 0 aliphatic carbocycles. The van der Waals surface area contributed by atoms with Crippen molar-refractivity contribution < 1.29 is 9.47 Å². The van der Waals surface area contributed by atoms with Gasteiger partial charge in [0.15, 0.2) is 0 Å². The first-order chi connectivity index (χ1) is 9.42. The number of hydrogen-bond acceptors (Lipinski definition) is 4. The molecule has 0 saturated carbocycles. The van der Waals surface area contributed by atoms with Crippen molar-refractivity contribution >= 4 is 11.8 Å². The third kappa shape index (κ3) is 3.52. The lowest BCUT2D eigenvalue weighted by molar-refractivity contribution is -0.104. The van der Waals surface area contributed by atoms with Crippen LogP contribution in [0, 0.1) is 11.3 Å². The Morgan fingerprint density at radius 1 is 1.40 bits per heavy atom. The zero-order chi connectivity index (χ0) is 14.8. The minimum atomic E-state index is 0.151. The molecule has 1 N–H and O–H groups in total. The molecule has 3 nitrogen and oxygen atoms in total. The van der Waals surface area contributed by atoms with Crippen LogP contribution in [0.5, 0.6) is 0 Å². The van der Waals surface area contributed by atoms with Gasteiger partial charge in [-0.1, -0.05) is 20.8 Å². The van der Waals surface area contributed by atoms with Gasteiger partial charge in [0.2, 0.25) is 0 Å². The lowest BCUT2D eigenvalue weighted by Crippen LogP contribution is -2.54. The molecular weight excluding hydrogens is 270 g/mol. The average molecular weight is 301 g/mol. The van der Waals surface area contributed by atoms with E-state index >= 15 is 0 Å². The predicted octanol–water partition coefficient (Wildman–Crippen LogP) is 2.94. The smallest absolute Gasteiger partial charge is 0.0783 e. The number of nitrogens with one attached hydrogen (secondary N) is 1. The first-order valence-electron chi connectivity index (χ1n) is 7.84. The van der Waals surface area contributed by atoms with Crippen LogP contribution in [0.4, 0.5) is 0 Å². The Balaban J connectivity index is 2.10. The summed E-state index contributed by atoms with van der Waals surface area (Å²) in [5.74, 6) is 3.08. The Morgan fingerprint density at radius 3 is 2.65 bits per heavy atom. The van der Waals surface area contributed by atoms with Crippen LogP contribution < -0.4 is 5.32 Å². The number of likely N-dealkylation sites (N-methyl/N-ethyl adjacent to an activating group) is 1. The van der Waals surface area contributed by atoms with Crippen molar-refractivity contribution in [2.24, 2.45) is 11.3 Å². The molecule has 0 bridgehead atoms. The molecule has 1 spiro atoms. The van der Waals surface area contributed by atoms with E-state index in [-0.39, 0.29) is 17.1 Å². The van der Waals surface area contributed by atoms with Crippen LogP contribution in [0.25, 0.3) is 0 Å². The number of ether oxygens (including phenoxy) is 2. The Hall–Kier alpha value is 0.230.